The first-order chi connectivity index (χ1) is 10.7. The van der Waals surface area contributed by atoms with Crippen molar-refractivity contribution in [1.82, 2.24) is 4.84 Å². The van der Waals surface area contributed by atoms with Crippen molar-refractivity contribution < 1.29 is 9.53 Å². The molecule has 3 nitrogen and oxygen atoms in total. The van der Waals surface area contributed by atoms with E-state index in [1.165, 1.54) is 18.9 Å². The average Bonchev–Trinajstić information content (AvgIpc) is 2.53. The summed E-state index contributed by atoms with van der Waals surface area (Å²) in [6.07, 6.45) is 5.85. The highest BCUT2D eigenvalue weighted by Gasteiger charge is 1.88. The molecule has 0 saturated heterocycles. The summed E-state index contributed by atoms with van der Waals surface area (Å²) in [4.78, 5) is 2.40. The molecule has 0 saturated carbocycles. The van der Waals surface area contributed by atoms with Crippen LogP contribution in [0, 0.1) is 0 Å². The molecule has 0 aromatic rings. The normalized spacial score (nSPS) is 8.17. The van der Waals surface area contributed by atoms with Gasteiger partial charge >= 0.3 is 0 Å². The maximum Gasteiger partial charge on any atom is 0.171 e. The number of aliphatic hydroxyl groups is 1. The fourth-order valence-corrected chi connectivity index (χ4v) is 0.781. The summed E-state index contributed by atoms with van der Waals surface area (Å²) in [7, 11) is -1.43. The van der Waals surface area contributed by atoms with Crippen molar-refractivity contribution in [2.24, 2.45) is 0 Å². The van der Waals surface area contributed by atoms with Crippen LogP contribution < -0.4 is 4.84 Å². The number of hydrogen-bond donors (Lipinski definition) is 2. The molecule has 0 fully saturated rings. The molecule has 0 spiro atoms. The van der Waals surface area contributed by atoms with Crippen molar-refractivity contribution in [2.45, 2.75) is 59.8 Å². The standard InChI is InChI=1S/C5H12OSi.C4H10.C3H6O.C2H6ClN.C2H7ClSi/c1-4-5-6-7(2)3;1-3-4-2;1-2-3-4;1-2-4-3;1-4(2)3/h4,7H,1,5H2,2-3H3;3-4H2,1-2H3;2,4H,1,3H2;4H,2H2,1H3;4H,1-2H3. The van der Waals surface area contributed by atoms with Gasteiger partial charge in [0.1, 0.15) is 8.11 Å². The van der Waals surface area contributed by atoms with Crippen LogP contribution in [0.1, 0.15) is 33.6 Å². The Morgan fingerprint density at radius 2 is 1.35 bits per heavy atom. The van der Waals surface area contributed by atoms with Gasteiger partial charge in [0.05, 0.1) is 13.2 Å². The predicted octanol–water partition coefficient (Wildman–Crippen LogP) is 5.10. The number of aliphatic hydroxyl groups excluding tert-OH is 1. The Balaban J connectivity index is -0.0000000604. The molecular weight excluding hydrogens is 365 g/mol. The van der Waals surface area contributed by atoms with E-state index in [-0.39, 0.29) is 6.61 Å². The van der Waals surface area contributed by atoms with Gasteiger partial charge in [0.25, 0.3) is 0 Å². The second kappa shape index (κ2) is 43.2. The van der Waals surface area contributed by atoms with Gasteiger partial charge < -0.3 is 9.53 Å². The Morgan fingerprint density at radius 1 is 1.04 bits per heavy atom. The molecule has 7 heteroatoms. The average molecular weight is 407 g/mol. The van der Waals surface area contributed by atoms with Crippen LogP contribution in [0.5, 0.6) is 0 Å². The molecule has 23 heavy (non-hydrogen) atoms. The molecular formula is C16H41Cl2NO2Si2. The molecule has 0 rings (SSSR count). The van der Waals surface area contributed by atoms with E-state index in [0.29, 0.717) is 0 Å². The van der Waals surface area contributed by atoms with Crippen LogP contribution in [-0.4, -0.2) is 42.0 Å². The first kappa shape index (κ1) is 34.7. The van der Waals surface area contributed by atoms with Crippen LogP contribution >= 0.6 is 22.9 Å². The van der Waals surface area contributed by atoms with Gasteiger partial charge in [-0.05, 0) is 24.9 Å². The fourth-order valence-electron chi connectivity index (χ4n) is 0.260. The van der Waals surface area contributed by atoms with Crippen LogP contribution in [-0.2, 0) is 4.43 Å². The molecule has 0 atom stereocenters. The Bertz CT molecular complexity index is 177. The van der Waals surface area contributed by atoms with Gasteiger partial charge in [0.2, 0.25) is 0 Å². The van der Waals surface area contributed by atoms with Crippen LogP contribution in [0.15, 0.2) is 25.3 Å². The van der Waals surface area contributed by atoms with Crippen molar-refractivity contribution in [3.63, 3.8) is 0 Å². The van der Waals surface area contributed by atoms with Crippen LogP contribution in [0.4, 0.5) is 0 Å². The van der Waals surface area contributed by atoms with Gasteiger partial charge in [-0.2, -0.15) is 11.1 Å². The van der Waals surface area contributed by atoms with Crippen molar-refractivity contribution in [3.8, 4) is 0 Å². The second-order valence-corrected chi connectivity index (χ2v) is 12.0. The summed E-state index contributed by atoms with van der Waals surface area (Å²) in [6.45, 7) is 23.1. The van der Waals surface area contributed by atoms with Gasteiger partial charge in [-0.15, -0.1) is 13.2 Å². The lowest BCUT2D eigenvalue weighted by atomic mass is 10.4. The molecule has 0 radical (unpaired) electrons. The minimum Gasteiger partial charge on any atom is -0.417 e. The summed E-state index contributed by atoms with van der Waals surface area (Å²) < 4.78 is 5.21. The Morgan fingerprint density at radius 3 is 1.39 bits per heavy atom. The lowest BCUT2D eigenvalue weighted by molar-refractivity contribution is 0.343. The maximum absolute atomic E-state index is 7.76. The molecule has 0 aromatic heterocycles. The molecule has 2 N–H and O–H groups in total. The number of unbranched alkanes of at least 4 members (excludes halogenated alkanes) is 1. The molecule has 144 valence electrons. The molecule has 0 aliphatic carbocycles. The monoisotopic (exact) mass is 405 g/mol. The first-order valence-electron chi connectivity index (χ1n) is 8.17. The summed E-state index contributed by atoms with van der Waals surface area (Å²) in [5, 5.41) is 7.76. The molecule has 0 aromatic carbocycles. The van der Waals surface area contributed by atoms with Crippen molar-refractivity contribution in [1.29, 1.82) is 0 Å². The lowest BCUT2D eigenvalue weighted by Gasteiger charge is -1.99. The number of nitrogens with one attached hydrogen (secondary N) is 1. The van der Waals surface area contributed by atoms with Gasteiger partial charge in [-0.25, -0.2) is 4.84 Å². The molecule has 0 aliphatic heterocycles. The number of rotatable bonds is 6. The van der Waals surface area contributed by atoms with Crippen molar-refractivity contribution in [3.05, 3.63) is 25.3 Å². The number of halogens is 2. The zero-order valence-corrected chi connectivity index (χ0v) is 20.2. The van der Waals surface area contributed by atoms with E-state index in [1.807, 2.05) is 6.92 Å². The largest absolute Gasteiger partial charge is 0.417 e. The van der Waals surface area contributed by atoms with Gasteiger partial charge in [0, 0.05) is 6.54 Å². The summed E-state index contributed by atoms with van der Waals surface area (Å²) in [5.74, 6) is 0. The van der Waals surface area contributed by atoms with E-state index in [2.05, 4.69) is 58.0 Å². The Labute approximate surface area is 159 Å². The van der Waals surface area contributed by atoms with Gasteiger partial charge in [-0.1, -0.05) is 58.9 Å². The summed E-state index contributed by atoms with van der Waals surface area (Å²) in [6, 6.07) is 0. The van der Waals surface area contributed by atoms with E-state index >= 15 is 0 Å². The molecule has 0 amide bonds. The Kier molecular flexibility index (Phi) is 65.2. The number of hydrogen-bond acceptors (Lipinski definition) is 3. The minimum absolute atomic E-state index is 0.0833. The topological polar surface area (TPSA) is 41.5 Å². The van der Waals surface area contributed by atoms with Crippen molar-refractivity contribution in [2.75, 3.05) is 19.8 Å². The third-order valence-corrected chi connectivity index (χ3v) is 2.44. The Hall–Kier alpha value is 0.374. The maximum atomic E-state index is 7.76. The highest BCUT2D eigenvalue weighted by atomic mass is 35.6. The molecule has 0 aliphatic rings. The lowest BCUT2D eigenvalue weighted by Crippen LogP contribution is -2.06. The van der Waals surface area contributed by atoms with Crippen LogP contribution in [0.3, 0.4) is 0 Å². The fraction of sp³-hybridized carbons (Fsp3) is 0.750. The first-order valence-corrected chi connectivity index (χ1v) is 15.4. The van der Waals surface area contributed by atoms with E-state index in [1.54, 1.807) is 6.08 Å². The van der Waals surface area contributed by atoms with Crippen LogP contribution in [0.2, 0.25) is 26.2 Å². The van der Waals surface area contributed by atoms with E-state index in [9.17, 15) is 0 Å². The van der Waals surface area contributed by atoms with Gasteiger partial charge in [-0.3, -0.25) is 0 Å². The zero-order chi connectivity index (χ0) is 19.5. The molecule has 0 unspecified atom stereocenters. The molecule has 0 bridgehead atoms. The van der Waals surface area contributed by atoms with Crippen LogP contribution in [0.25, 0.3) is 0 Å². The van der Waals surface area contributed by atoms with Gasteiger partial charge in [0.15, 0.2) is 9.04 Å². The van der Waals surface area contributed by atoms with E-state index in [4.69, 9.17) is 32.4 Å². The highest BCUT2D eigenvalue weighted by Crippen LogP contribution is 1.81. The minimum atomic E-state index is -0.759. The highest BCUT2D eigenvalue weighted by molar-refractivity contribution is 7.05. The summed E-state index contributed by atoms with van der Waals surface area (Å²) in [5.41, 5.74) is 0. The van der Waals surface area contributed by atoms with E-state index in [0.717, 1.165) is 13.2 Å². The third kappa shape index (κ3) is 171. The SMILES string of the molecule is C=CCO.C=CCO[SiH](C)C.CCCC.CCNCl.C[SiH](C)Cl. The second-order valence-electron chi connectivity index (χ2n) is 4.64. The quantitative estimate of drug-likeness (QED) is 0.279. The van der Waals surface area contributed by atoms with Crippen molar-refractivity contribution >= 4 is 40.0 Å². The van der Waals surface area contributed by atoms with E-state index < -0.39 is 17.1 Å². The third-order valence-electron chi connectivity index (χ3n) is 1.31. The summed E-state index contributed by atoms with van der Waals surface area (Å²) >= 11 is 10.3. The smallest absolute Gasteiger partial charge is 0.171 e. The molecule has 0 heterocycles. The predicted molar refractivity (Wildman–Crippen MR) is 117 cm³/mol. The zero-order valence-electron chi connectivity index (χ0n) is 16.4.